The first kappa shape index (κ1) is 34.1. The van der Waals surface area contributed by atoms with Gasteiger partial charge in [-0.1, -0.05) is 164 Å². The standard InChI is InChI=1S/C58H37NO/c1-2-12-43-35-44(21-19-38(43)9-1)39-23-29-48(30-24-39)59(49-31-25-40(26-32-49)45-28-33-52-47(36-45)22-20-41-10-3-5-15-51(41)52)50-14-7-13-46(37-50)53-17-8-18-56-57(53)55-34-27-42-11-4-6-16-54(42)58(55)60-56/h1-37H. The maximum atomic E-state index is 6.60. The molecule has 2 heteroatoms. The third-order valence-corrected chi connectivity index (χ3v) is 12.2. The number of hydrogen-bond donors (Lipinski definition) is 0. The topological polar surface area (TPSA) is 16.4 Å². The van der Waals surface area contributed by atoms with E-state index in [1.165, 1.54) is 60.0 Å². The van der Waals surface area contributed by atoms with E-state index >= 15 is 0 Å². The number of furan rings is 1. The fraction of sp³-hybridized carbons (Fsp3) is 0. The van der Waals surface area contributed by atoms with Gasteiger partial charge in [-0.3, -0.25) is 0 Å². The first-order valence-electron chi connectivity index (χ1n) is 20.6. The summed E-state index contributed by atoms with van der Waals surface area (Å²) >= 11 is 0. The summed E-state index contributed by atoms with van der Waals surface area (Å²) in [5.74, 6) is 0. The summed E-state index contributed by atoms with van der Waals surface area (Å²) in [6, 6.07) is 81.3. The van der Waals surface area contributed by atoms with E-state index in [-0.39, 0.29) is 0 Å². The Morgan fingerprint density at radius 1 is 0.283 bits per heavy atom. The van der Waals surface area contributed by atoms with Crippen molar-refractivity contribution in [1.29, 1.82) is 0 Å². The molecular formula is C58H37NO. The minimum absolute atomic E-state index is 0.892. The van der Waals surface area contributed by atoms with E-state index in [1.807, 2.05) is 0 Å². The van der Waals surface area contributed by atoms with Gasteiger partial charge in [0, 0.05) is 33.2 Å². The van der Waals surface area contributed by atoms with Crippen molar-refractivity contribution >= 4 is 82.1 Å². The molecule has 12 rings (SSSR count). The third kappa shape index (κ3) is 5.73. The predicted octanol–water partition coefficient (Wildman–Crippen LogP) is 16.7. The Labute approximate surface area is 347 Å². The Hall–Kier alpha value is -7.94. The van der Waals surface area contributed by atoms with Crippen LogP contribution in [0, 0.1) is 0 Å². The average molecular weight is 764 g/mol. The van der Waals surface area contributed by atoms with E-state index in [9.17, 15) is 0 Å². The van der Waals surface area contributed by atoms with E-state index < -0.39 is 0 Å². The maximum Gasteiger partial charge on any atom is 0.143 e. The molecule has 0 amide bonds. The van der Waals surface area contributed by atoms with Crippen LogP contribution in [0.5, 0.6) is 0 Å². The van der Waals surface area contributed by atoms with Crippen LogP contribution in [-0.4, -0.2) is 0 Å². The van der Waals surface area contributed by atoms with Crippen molar-refractivity contribution in [2.24, 2.45) is 0 Å². The highest BCUT2D eigenvalue weighted by Gasteiger charge is 2.18. The number of anilines is 3. The molecular weight excluding hydrogens is 727 g/mol. The van der Waals surface area contributed by atoms with Gasteiger partial charge in [0.2, 0.25) is 0 Å². The third-order valence-electron chi connectivity index (χ3n) is 12.2. The lowest BCUT2D eigenvalue weighted by Gasteiger charge is -2.26. The van der Waals surface area contributed by atoms with Gasteiger partial charge >= 0.3 is 0 Å². The zero-order valence-corrected chi connectivity index (χ0v) is 32.7. The van der Waals surface area contributed by atoms with E-state index in [0.29, 0.717) is 0 Å². The summed E-state index contributed by atoms with van der Waals surface area (Å²) in [5.41, 5.74) is 12.1. The molecule has 0 aliphatic heterocycles. The van der Waals surface area contributed by atoms with Crippen LogP contribution >= 0.6 is 0 Å². The van der Waals surface area contributed by atoms with Gasteiger partial charge in [-0.05, 0) is 132 Å². The molecule has 11 aromatic carbocycles. The van der Waals surface area contributed by atoms with Gasteiger partial charge in [-0.25, -0.2) is 0 Å². The fourth-order valence-electron chi connectivity index (χ4n) is 9.22. The molecule has 60 heavy (non-hydrogen) atoms. The van der Waals surface area contributed by atoms with Crippen LogP contribution in [0.1, 0.15) is 0 Å². The second kappa shape index (κ2) is 13.9. The number of hydrogen-bond acceptors (Lipinski definition) is 2. The Morgan fingerprint density at radius 3 is 1.58 bits per heavy atom. The van der Waals surface area contributed by atoms with Gasteiger partial charge < -0.3 is 9.32 Å². The van der Waals surface area contributed by atoms with Crippen LogP contribution in [-0.2, 0) is 0 Å². The largest absolute Gasteiger partial charge is 0.455 e. The molecule has 1 aromatic heterocycles. The fourth-order valence-corrected chi connectivity index (χ4v) is 9.22. The summed E-state index contributed by atoms with van der Waals surface area (Å²) in [7, 11) is 0. The second-order valence-electron chi connectivity index (χ2n) is 15.7. The lowest BCUT2D eigenvalue weighted by molar-refractivity contribution is 0.673. The van der Waals surface area contributed by atoms with Gasteiger partial charge in [0.1, 0.15) is 11.2 Å². The van der Waals surface area contributed by atoms with Crippen molar-refractivity contribution < 1.29 is 4.42 Å². The Bertz CT molecular complexity index is 3600. The average Bonchev–Trinajstić information content (AvgIpc) is 3.72. The van der Waals surface area contributed by atoms with Crippen LogP contribution in [0.15, 0.2) is 229 Å². The summed E-state index contributed by atoms with van der Waals surface area (Å²) in [5, 5.41) is 12.1. The molecule has 0 spiro atoms. The van der Waals surface area contributed by atoms with Gasteiger partial charge in [0.25, 0.3) is 0 Å². The van der Waals surface area contributed by atoms with Gasteiger partial charge in [-0.2, -0.15) is 0 Å². The molecule has 0 fully saturated rings. The van der Waals surface area contributed by atoms with Crippen LogP contribution < -0.4 is 4.90 Å². The Balaban J connectivity index is 0.968. The lowest BCUT2D eigenvalue weighted by atomic mass is 9.97. The molecule has 0 aliphatic carbocycles. The molecule has 280 valence electrons. The summed E-state index contributed by atoms with van der Waals surface area (Å²) in [4.78, 5) is 2.37. The molecule has 0 atom stereocenters. The zero-order valence-electron chi connectivity index (χ0n) is 32.7. The van der Waals surface area contributed by atoms with E-state index in [1.54, 1.807) is 0 Å². The van der Waals surface area contributed by atoms with Crippen molar-refractivity contribution in [2.75, 3.05) is 4.90 Å². The molecule has 0 saturated carbocycles. The number of fused-ring (bicyclic) bond motifs is 9. The Kier molecular flexibility index (Phi) is 7.89. The summed E-state index contributed by atoms with van der Waals surface area (Å²) < 4.78 is 6.60. The summed E-state index contributed by atoms with van der Waals surface area (Å²) in [6.45, 7) is 0. The van der Waals surface area contributed by atoms with E-state index in [2.05, 4.69) is 229 Å². The first-order valence-corrected chi connectivity index (χ1v) is 20.6. The summed E-state index contributed by atoms with van der Waals surface area (Å²) in [6.07, 6.45) is 0. The molecule has 0 radical (unpaired) electrons. The monoisotopic (exact) mass is 763 g/mol. The van der Waals surface area contributed by atoms with Crippen molar-refractivity contribution in [1.82, 2.24) is 0 Å². The van der Waals surface area contributed by atoms with Crippen LogP contribution in [0.4, 0.5) is 17.1 Å². The minimum atomic E-state index is 0.892. The molecule has 1 heterocycles. The molecule has 0 aliphatic rings. The van der Waals surface area contributed by atoms with E-state index in [4.69, 9.17) is 4.42 Å². The van der Waals surface area contributed by atoms with Gasteiger partial charge in [-0.15, -0.1) is 0 Å². The van der Waals surface area contributed by atoms with Crippen LogP contribution in [0.2, 0.25) is 0 Å². The van der Waals surface area contributed by atoms with Crippen LogP contribution in [0.3, 0.4) is 0 Å². The molecule has 2 nitrogen and oxygen atoms in total. The number of rotatable bonds is 6. The minimum Gasteiger partial charge on any atom is -0.455 e. The molecule has 0 N–H and O–H groups in total. The zero-order chi connectivity index (χ0) is 39.6. The SMILES string of the molecule is c1cc(-c2cccc3oc4c5ccccc5ccc4c23)cc(N(c2ccc(-c3ccc4ccccc4c3)cc2)c2ccc(-c3ccc4c(ccc5ccccc54)c3)cc2)c1. The molecule has 12 aromatic rings. The molecule has 0 bridgehead atoms. The highest BCUT2D eigenvalue weighted by molar-refractivity contribution is 6.19. The highest BCUT2D eigenvalue weighted by Crippen LogP contribution is 2.43. The van der Waals surface area contributed by atoms with Crippen LogP contribution in [0.25, 0.3) is 98.4 Å². The highest BCUT2D eigenvalue weighted by atomic mass is 16.3. The molecule has 0 saturated heterocycles. The quantitative estimate of drug-likeness (QED) is 0.157. The molecule has 0 unspecified atom stereocenters. The van der Waals surface area contributed by atoms with Crippen molar-refractivity contribution in [3.63, 3.8) is 0 Å². The lowest BCUT2D eigenvalue weighted by Crippen LogP contribution is -2.10. The van der Waals surface area contributed by atoms with Gasteiger partial charge in [0.05, 0.1) is 0 Å². The van der Waals surface area contributed by atoms with E-state index in [0.717, 1.165) is 55.5 Å². The van der Waals surface area contributed by atoms with Crippen molar-refractivity contribution in [3.05, 3.63) is 224 Å². The number of benzene rings is 11. The second-order valence-corrected chi connectivity index (χ2v) is 15.7. The predicted molar refractivity (Wildman–Crippen MR) is 255 cm³/mol. The van der Waals surface area contributed by atoms with Crippen molar-refractivity contribution in [2.45, 2.75) is 0 Å². The Morgan fingerprint density at radius 2 is 0.817 bits per heavy atom. The maximum absolute atomic E-state index is 6.60. The number of nitrogens with zero attached hydrogens (tertiary/aromatic N) is 1. The first-order chi connectivity index (χ1) is 29.7. The van der Waals surface area contributed by atoms with Gasteiger partial charge in [0.15, 0.2) is 0 Å². The smallest absolute Gasteiger partial charge is 0.143 e. The normalized spacial score (nSPS) is 11.7. The van der Waals surface area contributed by atoms with Crippen molar-refractivity contribution in [3.8, 4) is 33.4 Å².